The lowest BCUT2D eigenvalue weighted by Gasteiger charge is -2.25. The average molecular weight is 339 g/mol. The molecule has 1 aliphatic rings. The van der Waals surface area contributed by atoms with Gasteiger partial charge in [0.15, 0.2) is 0 Å². The first-order valence-corrected chi connectivity index (χ1v) is 8.29. The predicted molar refractivity (Wildman–Crippen MR) is 95.3 cm³/mol. The van der Waals surface area contributed by atoms with Crippen LogP contribution in [0.25, 0.3) is 0 Å². The Morgan fingerprint density at radius 3 is 2.68 bits per heavy atom. The van der Waals surface area contributed by atoms with Crippen LogP contribution in [0.3, 0.4) is 0 Å². The van der Waals surface area contributed by atoms with Gasteiger partial charge >= 0.3 is 5.97 Å². The Hall–Kier alpha value is -2.82. The third-order valence-corrected chi connectivity index (χ3v) is 4.73. The molecule has 2 aromatic rings. The third kappa shape index (κ3) is 3.50. The van der Waals surface area contributed by atoms with E-state index < -0.39 is 5.97 Å². The summed E-state index contributed by atoms with van der Waals surface area (Å²) in [5, 5.41) is 12.0. The number of carboxylic acid groups (broad SMARTS) is 1. The fraction of sp³-hybridized carbons (Fsp3) is 0.300. The summed E-state index contributed by atoms with van der Waals surface area (Å²) in [6.45, 7) is 1.99. The summed E-state index contributed by atoms with van der Waals surface area (Å²) < 4.78 is 5.37. The van der Waals surface area contributed by atoms with Gasteiger partial charge in [-0.05, 0) is 61.1 Å². The van der Waals surface area contributed by atoms with E-state index >= 15 is 0 Å². The van der Waals surface area contributed by atoms with Crippen LogP contribution in [-0.4, -0.2) is 24.1 Å². The summed E-state index contributed by atoms with van der Waals surface area (Å²) in [5.41, 5.74) is 3.89. The van der Waals surface area contributed by atoms with Gasteiger partial charge in [-0.15, -0.1) is 0 Å². The van der Waals surface area contributed by atoms with Crippen molar-refractivity contribution in [2.75, 3.05) is 12.4 Å². The Kier molecular flexibility index (Phi) is 4.74. The van der Waals surface area contributed by atoms with Crippen LogP contribution in [0, 0.1) is 12.8 Å². The molecule has 3 rings (SSSR count). The van der Waals surface area contributed by atoms with Crippen molar-refractivity contribution >= 4 is 17.6 Å². The molecule has 0 radical (unpaired) electrons. The number of amides is 1. The van der Waals surface area contributed by atoms with Crippen molar-refractivity contribution in [3.05, 3.63) is 58.7 Å². The lowest BCUT2D eigenvalue weighted by molar-refractivity contribution is -0.120. The topological polar surface area (TPSA) is 75.6 Å². The molecule has 0 saturated carbocycles. The number of benzene rings is 2. The highest BCUT2D eigenvalue weighted by atomic mass is 16.5. The standard InChI is InChI=1S/C20H21NO4/c1-12-9-15-10-14(8-7-13(15)11-18(12)25-2)19(22)21-17-6-4-3-5-16(17)20(23)24/h3-6,9,11,14H,7-8,10H2,1-2H3,(H,21,22)(H,23,24). The lowest BCUT2D eigenvalue weighted by Crippen LogP contribution is -2.29. The third-order valence-electron chi connectivity index (χ3n) is 4.73. The van der Waals surface area contributed by atoms with Crippen LogP contribution in [0.5, 0.6) is 5.75 Å². The van der Waals surface area contributed by atoms with Crippen molar-refractivity contribution in [1.82, 2.24) is 0 Å². The zero-order valence-electron chi connectivity index (χ0n) is 14.3. The van der Waals surface area contributed by atoms with E-state index in [0.29, 0.717) is 12.1 Å². The van der Waals surface area contributed by atoms with Gasteiger partial charge in [0.2, 0.25) is 5.91 Å². The Labute approximate surface area is 146 Å². The molecule has 0 bridgehead atoms. The maximum Gasteiger partial charge on any atom is 0.337 e. The van der Waals surface area contributed by atoms with Crippen LogP contribution in [0.15, 0.2) is 36.4 Å². The second kappa shape index (κ2) is 6.97. The van der Waals surface area contributed by atoms with Crippen LogP contribution >= 0.6 is 0 Å². The molecule has 0 saturated heterocycles. The van der Waals surface area contributed by atoms with Gasteiger partial charge in [-0.1, -0.05) is 18.2 Å². The molecule has 2 aromatic carbocycles. The number of para-hydroxylation sites is 1. The fourth-order valence-electron chi connectivity index (χ4n) is 3.37. The van der Waals surface area contributed by atoms with Gasteiger partial charge in [-0.3, -0.25) is 4.79 Å². The van der Waals surface area contributed by atoms with E-state index in [-0.39, 0.29) is 17.4 Å². The molecule has 0 aliphatic heterocycles. The van der Waals surface area contributed by atoms with Crippen molar-refractivity contribution in [2.45, 2.75) is 26.2 Å². The molecule has 1 aliphatic carbocycles. The van der Waals surface area contributed by atoms with Gasteiger partial charge < -0.3 is 15.2 Å². The summed E-state index contributed by atoms with van der Waals surface area (Å²) >= 11 is 0. The Morgan fingerprint density at radius 2 is 1.96 bits per heavy atom. The molecule has 0 fully saturated rings. The second-order valence-electron chi connectivity index (χ2n) is 6.37. The zero-order chi connectivity index (χ0) is 18.0. The van der Waals surface area contributed by atoms with Gasteiger partial charge in [0.05, 0.1) is 18.4 Å². The first-order valence-electron chi connectivity index (χ1n) is 8.29. The number of nitrogens with one attached hydrogen (secondary N) is 1. The maximum atomic E-state index is 12.6. The van der Waals surface area contributed by atoms with E-state index in [9.17, 15) is 14.7 Å². The van der Waals surface area contributed by atoms with Crippen LogP contribution < -0.4 is 10.1 Å². The molecule has 1 unspecified atom stereocenters. The number of rotatable bonds is 4. The highest BCUT2D eigenvalue weighted by Crippen LogP contribution is 2.31. The summed E-state index contributed by atoms with van der Waals surface area (Å²) in [5.74, 6) is -0.473. The van der Waals surface area contributed by atoms with E-state index in [1.54, 1.807) is 25.3 Å². The van der Waals surface area contributed by atoms with Gasteiger partial charge in [-0.25, -0.2) is 4.79 Å². The monoisotopic (exact) mass is 339 g/mol. The number of aromatic carboxylic acids is 1. The van der Waals surface area contributed by atoms with Gasteiger partial charge in [0.25, 0.3) is 0 Å². The molecule has 1 amide bonds. The van der Waals surface area contributed by atoms with Gasteiger partial charge in [0.1, 0.15) is 5.75 Å². The molecule has 5 heteroatoms. The molecular formula is C20H21NO4. The number of carboxylic acids is 1. The van der Waals surface area contributed by atoms with Crippen LogP contribution in [0.4, 0.5) is 5.69 Å². The van der Waals surface area contributed by atoms with Gasteiger partial charge in [0, 0.05) is 5.92 Å². The summed E-state index contributed by atoms with van der Waals surface area (Å²) in [6, 6.07) is 10.6. The normalized spacial score (nSPS) is 16.0. The fourth-order valence-corrected chi connectivity index (χ4v) is 3.37. The summed E-state index contributed by atoms with van der Waals surface area (Å²) in [7, 11) is 1.66. The summed E-state index contributed by atoms with van der Waals surface area (Å²) in [4.78, 5) is 23.9. The second-order valence-corrected chi connectivity index (χ2v) is 6.37. The Balaban J connectivity index is 1.77. The predicted octanol–water partition coefficient (Wildman–Crippen LogP) is 3.45. The number of anilines is 1. The largest absolute Gasteiger partial charge is 0.496 e. The number of hydrogen-bond donors (Lipinski definition) is 2. The van der Waals surface area contributed by atoms with E-state index in [2.05, 4.69) is 17.4 Å². The SMILES string of the molecule is COc1cc2c(cc1C)CC(C(=O)Nc1ccccc1C(=O)O)CC2. The number of carbonyl (C=O) groups is 2. The average Bonchev–Trinajstić information content (AvgIpc) is 2.60. The number of hydrogen-bond acceptors (Lipinski definition) is 3. The minimum atomic E-state index is -1.05. The number of fused-ring (bicyclic) bond motifs is 1. The minimum Gasteiger partial charge on any atom is -0.496 e. The number of ether oxygens (including phenoxy) is 1. The molecule has 0 heterocycles. The van der Waals surface area contributed by atoms with E-state index in [0.717, 1.165) is 29.7 Å². The van der Waals surface area contributed by atoms with E-state index in [1.165, 1.54) is 11.6 Å². The van der Waals surface area contributed by atoms with Crippen molar-refractivity contribution < 1.29 is 19.4 Å². The smallest absolute Gasteiger partial charge is 0.337 e. The van der Waals surface area contributed by atoms with Crippen molar-refractivity contribution in [2.24, 2.45) is 5.92 Å². The first kappa shape index (κ1) is 17.0. The molecular weight excluding hydrogens is 318 g/mol. The number of methoxy groups -OCH3 is 1. The Bertz CT molecular complexity index is 828. The molecule has 1 atom stereocenters. The molecule has 0 aromatic heterocycles. The molecule has 2 N–H and O–H groups in total. The highest BCUT2D eigenvalue weighted by Gasteiger charge is 2.26. The van der Waals surface area contributed by atoms with Crippen LogP contribution in [0.2, 0.25) is 0 Å². The van der Waals surface area contributed by atoms with Crippen LogP contribution in [-0.2, 0) is 17.6 Å². The zero-order valence-corrected chi connectivity index (χ0v) is 14.3. The van der Waals surface area contributed by atoms with Crippen molar-refractivity contribution in [3.8, 4) is 5.75 Å². The Morgan fingerprint density at radius 1 is 1.20 bits per heavy atom. The van der Waals surface area contributed by atoms with Crippen molar-refractivity contribution in [3.63, 3.8) is 0 Å². The molecule has 25 heavy (non-hydrogen) atoms. The van der Waals surface area contributed by atoms with E-state index in [1.807, 2.05) is 6.92 Å². The van der Waals surface area contributed by atoms with E-state index in [4.69, 9.17) is 4.74 Å². The summed E-state index contributed by atoms with van der Waals surface area (Å²) in [6.07, 6.45) is 2.20. The quantitative estimate of drug-likeness (QED) is 0.895. The number of carbonyl (C=O) groups excluding carboxylic acids is 1. The minimum absolute atomic E-state index is 0.104. The first-order chi connectivity index (χ1) is 12.0. The maximum absolute atomic E-state index is 12.6. The van der Waals surface area contributed by atoms with Crippen LogP contribution in [0.1, 0.15) is 33.5 Å². The van der Waals surface area contributed by atoms with Crippen molar-refractivity contribution in [1.29, 1.82) is 0 Å². The highest BCUT2D eigenvalue weighted by molar-refractivity contribution is 6.01. The number of aryl methyl sites for hydroxylation is 2. The molecule has 0 spiro atoms. The molecule has 5 nitrogen and oxygen atoms in total. The lowest BCUT2D eigenvalue weighted by atomic mass is 9.82. The van der Waals surface area contributed by atoms with Gasteiger partial charge in [-0.2, -0.15) is 0 Å². The molecule has 130 valence electrons.